The van der Waals surface area contributed by atoms with Gasteiger partial charge in [-0.1, -0.05) is 0 Å². The van der Waals surface area contributed by atoms with Gasteiger partial charge in [0, 0.05) is 0 Å². The molecule has 7 N–H and O–H groups in total. The molecular weight excluding hydrogens is 284 g/mol. The van der Waals surface area contributed by atoms with Crippen molar-refractivity contribution in [2.45, 2.75) is 0 Å². The second-order valence-corrected chi connectivity index (χ2v) is 2.69. The Labute approximate surface area is 164 Å². The quantitative estimate of drug-likeness (QED) is 0.214. The minimum atomic E-state index is -4.67. The number of rotatable bonds is 0. The summed E-state index contributed by atoms with van der Waals surface area (Å²) in [5, 5.41) is 0. The maximum atomic E-state index is 8.74. The second-order valence-electron chi connectivity index (χ2n) is 0.896. The van der Waals surface area contributed by atoms with Gasteiger partial charge < -0.3 is 9.00 Å². The van der Waals surface area contributed by atoms with Gasteiger partial charge in [0.2, 0.25) is 0 Å². The van der Waals surface area contributed by atoms with Crippen LogP contribution in [-0.4, -0.2) is 35.0 Å². The van der Waals surface area contributed by atoms with Gasteiger partial charge in [-0.05, 0) is 0 Å². The van der Waals surface area contributed by atoms with Crippen molar-refractivity contribution in [3.8, 4) is 0 Å². The third kappa shape index (κ3) is 285. The zero-order chi connectivity index (χ0) is 9.00. The summed E-state index contributed by atoms with van der Waals surface area (Å²) in [6.07, 6.45) is 0. The molecule has 0 radical (unpaired) electrons. The van der Waals surface area contributed by atoms with E-state index in [-0.39, 0.29) is 112 Å². The van der Waals surface area contributed by atoms with Crippen molar-refractivity contribution < 1.29 is 141 Å². The van der Waals surface area contributed by atoms with E-state index in [0.717, 1.165) is 0 Å². The molecular formula is H9K2NO8S2. The van der Waals surface area contributed by atoms with Crippen LogP contribution in [0, 0.1) is 0 Å². The van der Waals surface area contributed by atoms with Crippen LogP contribution in [0.2, 0.25) is 0 Å². The average Bonchev–Trinajstić information content (AvgIpc) is 1.12. The summed E-state index contributed by atoms with van der Waals surface area (Å²) in [7, 11) is -9.33. The van der Waals surface area contributed by atoms with Crippen molar-refractivity contribution in [2.75, 3.05) is 0 Å². The van der Waals surface area contributed by atoms with E-state index in [2.05, 4.69) is 0 Å². The van der Waals surface area contributed by atoms with Crippen molar-refractivity contribution in [3.63, 3.8) is 0 Å². The normalized spacial score (nSPS) is 8.92. The molecule has 0 amide bonds. The van der Waals surface area contributed by atoms with Crippen LogP contribution in [0.3, 0.4) is 0 Å². The zero-order valence-corrected chi connectivity index (χ0v) is 14.8. The van der Waals surface area contributed by atoms with Gasteiger partial charge in [0.05, 0.1) is 0 Å². The standard InChI is InChI=1S/2K.H3N.2H2O4S.2H/c;;;2*1-5(2,3)4;;/h;;1H3;2*(H2,1,2,3,4);;/q2*+1;;;;2*-1. The Morgan fingerprint density at radius 2 is 0.692 bits per heavy atom. The Morgan fingerprint density at radius 3 is 0.692 bits per heavy atom. The molecule has 0 unspecified atom stereocenters. The molecule has 13 heavy (non-hydrogen) atoms. The Morgan fingerprint density at radius 1 is 0.692 bits per heavy atom. The fourth-order valence-corrected chi connectivity index (χ4v) is 0. The molecule has 0 aromatic rings. The van der Waals surface area contributed by atoms with Crippen molar-refractivity contribution in [1.82, 2.24) is 6.15 Å². The molecule has 0 aliphatic carbocycles. The van der Waals surface area contributed by atoms with Gasteiger partial charge in [0.15, 0.2) is 0 Å². The van der Waals surface area contributed by atoms with E-state index in [1.165, 1.54) is 0 Å². The van der Waals surface area contributed by atoms with Crippen molar-refractivity contribution in [3.05, 3.63) is 0 Å². The van der Waals surface area contributed by atoms with Crippen LogP contribution in [0.25, 0.3) is 0 Å². The summed E-state index contributed by atoms with van der Waals surface area (Å²) < 4.78 is 63.2. The maximum absolute atomic E-state index is 8.74. The Bertz CT molecular complexity index is 225. The Hall–Kier alpha value is 2.97. The van der Waals surface area contributed by atoms with E-state index in [1.807, 2.05) is 0 Å². The molecule has 0 fully saturated rings. The van der Waals surface area contributed by atoms with Crippen LogP contribution in [-0.2, 0) is 20.8 Å². The topological polar surface area (TPSA) is 184 Å². The minimum Gasteiger partial charge on any atom is -1.00 e. The molecule has 0 saturated heterocycles. The second kappa shape index (κ2) is 13.0. The number of hydrogen-bond donors (Lipinski definition) is 5. The molecule has 0 aliphatic rings. The first-order chi connectivity index (χ1) is 4.00. The maximum Gasteiger partial charge on any atom is 1.00 e. The molecule has 0 aromatic carbocycles. The first-order valence-electron chi connectivity index (χ1n) is 1.40. The smallest absolute Gasteiger partial charge is 1.00 e. The molecule has 0 atom stereocenters. The summed E-state index contributed by atoms with van der Waals surface area (Å²) in [5.41, 5.74) is 0. The SMILES string of the molecule is N.O=S(=O)(O)O.O=S(=O)(O)O.[H-].[H-].[K+].[K+]. The molecule has 0 spiro atoms. The van der Waals surface area contributed by atoms with Crippen LogP contribution in [0.15, 0.2) is 0 Å². The van der Waals surface area contributed by atoms with E-state index >= 15 is 0 Å². The first-order valence-corrected chi connectivity index (χ1v) is 4.19. The molecule has 0 heterocycles. The Kier molecular flexibility index (Phi) is 29.8. The zero-order valence-electron chi connectivity index (χ0n) is 8.95. The molecule has 0 bridgehead atoms. The molecule has 0 aromatic heterocycles. The summed E-state index contributed by atoms with van der Waals surface area (Å²) in [6.45, 7) is 0. The van der Waals surface area contributed by atoms with Crippen molar-refractivity contribution in [2.24, 2.45) is 0 Å². The van der Waals surface area contributed by atoms with E-state index in [4.69, 9.17) is 35.0 Å². The van der Waals surface area contributed by atoms with Crippen LogP contribution < -0.4 is 109 Å². The molecule has 13 heteroatoms. The molecule has 0 saturated carbocycles. The largest absolute Gasteiger partial charge is 1.00 e. The predicted molar refractivity (Wildman–Crippen MR) is 35.6 cm³/mol. The van der Waals surface area contributed by atoms with Gasteiger partial charge in [-0.25, -0.2) is 0 Å². The van der Waals surface area contributed by atoms with E-state index in [0.29, 0.717) is 0 Å². The molecule has 0 aliphatic heterocycles. The fourth-order valence-electron chi connectivity index (χ4n) is 0. The molecule has 9 nitrogen and oxygen atoms in total. The van der Waals surface area contributed by atoms with Crippen molar-refractivity contribution >= 4 is 20.8 Å². The van der Waals surface area contributed by atoms with Gasteiger partial charge in [0.1, 0.15) is 0 Å². The van der Waals surface area contributed by atoms with Crippen LogP contribution in [0.5, 0.6) is 0 Å². The summed E-state index contributed by atoms with van der Waals surface area (Å²) >= 11 is 0. The average molecular weight is 293 g/mol. The van der Waals surface area contributed by atoms with Crippen LogP contribution >= 0.6 is 0 Å². The van der Waals surface area contributed by atoms with Gasteiger partial charge in [0.25, 0.3) is 0 Å². The van der Waals surface area contributed by atoms with Crippen LogP contribution in [0.4, 0.5) is 0 Å². The monoisotopic (exact) mass is 293 g/mol. The molecule has 0 rings (SSSR count). The minimum absolute atomic E-state index is 0. The Balaban J connectivity index is -0.0000000128. The van der Waals surface area contributed by atoms with Crippen LogP contribution in [0.1, 0.15) is 2.85 Å². The summed E-state index contributed by atoms with van der Waals surface area (Å²) in [4.78, 5) is 0. The van der Waals surface area contributed by atoms with E-state index in [1.54, 1.807) is 0 Å². The molecule has 76 valence electrons. The third-order valence-corrected chi connectivity index (χ3v) is 0. The van der Waals surface area contributed by atoms with E-state index in [9.17, 15) is 0 Å². The van der Waals surface area contributed by atoms with Crippen molar-refractivity contribution in [1.29, 1.82) is 0 Å². The van der Waals surface area contributed by atoms with Gasteiger partial charge in [-0.15, -0.1) is 0 Å². The van der Waals surface area contributed by atoms with E-state index < -0.39 is 20.8 Å². The van der Waals surface area contributed by atoms with Gasteiger partial charge in [-0.3, -0.25) is 18.2 Å². The summed E-state index contributed by atoms with van der Waals surface area (Å²) in [6, 6.07) is 0. The number of hydrogen-bond acceptors (Lipinski definition) is 5. The fraction of sp³-hybridized carbons (Fsp3) is 0. The third-order valence-electron chi connectivity index (χ3n) is 0. The predicted octanol–water partition coefficient (Wildman–Crippen LogP) is -6.91. The van der Waals surface area contributed by atoms with Gasteiger partial charge >= 0.3 is 124 Å². The first kappa shape index (κ1) is 29.7. The summed E-state index contributed by atoms with van der Waals surface area (Å²) in [5.74, 6) is 0. The van der Waals surface area contributed by atoms with Gasteiger partial charge in [-0.2, -0.15) is 16.8 Å².